The highest BCUT2D eigenvalue weighted by Crippen LogP contribution is 2.37. The number of hydrogen-bond acceptors (Lipinski definition) is 7. The van der Waals surface area contributed by atoms with Crippen molar-refractivity contribution >= 4 is 57.5 Å². The van der Waals surface area contributed by atoms with Gasteiger partial charge in [0.1, 0.15) is 13.2 Å². The molecular weight excluding hydrogens is 521 g/mol. The summed E-state index contributed by atoms with van der Waals surface area (Å²) in [5.41, 5.74) is 1.70. The Morgan fingerprint density at radius 3 is 2.57 bits per heavy atom. The summed E-state index contributed by atoms with van der Waals surface area (Å²) in [7, 11) is 2.74. The van der Waals surface area contributed by atoms with E-state index in [-0.39, 0.29) is 4.91 Å². The molecule has 0 radical (unpaired) electrons. The van der Waals surface area contributed by atoms with Crippen LogP contribution in [0.4, 0.5) is 4.79 Å². The van der Waals surface area contributed by atoms with Gasteiger partial charge >= 0.3 is 5.97 Å². The molecule has 0 aromatic heterocycles. The minimum atomic E-state index is -0.658. The molecule has 1 heterocycles. The number of benzene rings is 2. The zero-order valence-electron chi connectivity index (χ0n) is 16.2. The van der Waals surface area contributed by atoms with Crippen molar-refractivity contribution in [2.75, 3.05) is 20.8 Å². The molecule has 0 unspecified atom stereocenters. The largest absolute Gasteiger partial charge is 0.493 e. The first-order chi connectivity index (χ1) is 14.4. The Labute approximate surface area is 191 Å². The number of rotatable bonds is 7. The number of carbonyl (C=O) groups excluding carboxylic acids is 3. The van der Waals surface area contributed by atoms with Crippen LogP contribution in [-0.4, -0.2) is 42.8 Å². The first kappa shape index (κ1) is 22.2. The van der Waals surface area contributed by atoms with E-state index in [1.54, 1.807) is 12.1 Å². The molecule has 0 saturated carbocycles. The fraction of sp³-hybridized carbons (Fsp3) is 0.190. The smallest absolute Gasteiger partial charge is 0.325 e. The van der Waals surface area contributed by atoms with E-state index in [1.807, 2.05) is 36.4 Å². The van der Waals surface area contributed by atoms with Crippen LogP contribution in [0.2, 0.25) is 0 Å². The van der Waals surface area contributed by atoms with Gasteiger partial charge in [-0.05, 0) is 63.7 Å². The predicted molar refractivity (Wildman–Crippen MR) is 121 cm³/mol. The SMILES string of the molecule is COC(=O)CN1C(=O)S/C(=C\c2cc(I)c(OCc3ccccc3)c(OC)c2)C1=O. The van der Waals surface area contributed by atoms with Crippen molar-refractivity contribution in [2.45, 2.75) is 6.61 Å². The predicted octanol–water partition coefficient (Wildman–Crippen LogP) is 4.09. The molecule has 30 heavy (non-hydrogen) atoms. The van der Waals surface area contributed by atoms with Crippen LogP contribution in [0.25, 0.3) is 6.08 Å². The molecule has 0 bridgehead atoms. The Bertz CT molecular complexity index is 1010. The van der Waals surface area contributed by atoms with Crippen LogP contribution in [0.3, 0.4) is 0 Å². The number of hydrogen-bond donors (Lipinski definition) is 0. The number of ether oxygens (including phenoxy) is 3. The highest BCUT2D eigenvalue weighted by Gasteiger charge is 2.36. The van der Waals surface area contributed by atoms with Gasteiger partial charge in [-0.2, -0.15) is 0 Å². The van der Waals surface area contributed by atoms with Crippen molar-refractivity contribution in [3.63, 3.8) is 0 Å². The van der Waals surface area contributed by atoms with E-state index in [1.165, 1.54) is 14.2 Å². The summed E-state index contributed by atoms with van der Waals surface area (Å²) in [5.74, 6) is -0.0840. The molecule has 1 aliphatic heterocycles. The molecule has 2 amide bonds. The first-order valence-electron chi connectivity index (χ1n) is 8.79. The highest BCUT2D eigenvalue weighted by molar-refractivity contribution is 14.1. The van der Waals surface area contributed by atoms with Crippen molar-refractivity contribution in [3.05, 3.63) is 62.1 Å². The lowest BCUT2D eigenvalue weighted by atomic mass is 10.1. The minimum Gasteiger partial charge on any atom is -0.493 e. The minimum absolute atomic E-state index is 0.222. The zero-order chi connectivity index (χ0) is 21.7. The third-order valence-corrected chi connectivity index (χ3v) is 5.87. The Morgan fingerprint density at radius 2 is 1.90 bits per heavy atom. The lowest BCUT2D eigenvalue weighted by Crippen LogP contribution is -2.34. The van der Waals surface area contributed by atoms with Gasteiger partial charge in [-0.3, -0.25) is 19.3 Å². The number of esters is 1. The van der Waals surface area contributed by atoms with Gasteiger partial charge in [0.05, 0.1) is 22.7 Å². The number of carbonyl (C=O) groups is 3. The Morgan fingerprint density at radius 1 is 1.17 bits per heavy atom. The topological polar surface area (TPSA) is 82.1 Å². The number of nitrogens with zero attached hydrogens (tertiary/aromatic N) is 1. The van der Waals surface area contributed by atoms with Crippen LogP contribution < -0.4 is 9.47 Å². The maximum atomic E-state index is 12.5. The molecule has 1 fully saturated rings. The second-order valence-corrected chi connectivity index (χ2v) is 8.31. The highest BCUT2D eigenvalue weighted by atomic mass is 127. The van der Waals surface area contributed by atoms with Crippen molar-refractivity contribution in [2.24, 2.45) is 0 Å². The summed E-state index contributed by atoms with van der Waals surface area (Å²) in [6, 6.07) is 13.3. The van der Waals surface area contributed by atoms with Crippen LogP contribution in [0.15, 0.2) is 47.4 Å². The fourth-order valence-corrected chi connectivity index (χ4v) is 4.29. The van der Waals surface area contributed by atoms with Crippen LogP contribution in [0, 0.1) is 3.57 Å². The molecule has 2 aromatic rings. The zero-order valence-corrected chi connectivity index (χ0v) is 19.2. The summed E-state index contributed by atoms with van der Waals surface area (Å²) >= 11 is 2.91. The molecule has 9 heteroatoms. The normalized spacial score (nSPS) is 14.9. The van der Waals surface area contributed by atoms with E-state index in [4.69, 9.17) is 9.47 Å². The molecule has 0 atom stereocenters. The summed E-state index contributed by atoms with van der Waals surface area (Å²) < 4.78 is 16.7. The van der Waals surface area contributed by atoms with Gasteiger partial charge in [0.15, 0.2) is 11.5 Å². The molecule has 7 nitrogen and oxygen atoms in total. The standard InChI is InChI=1S/C21H18INO6S/c1-27-16-9-14(8-15(22)19(16)29-12-13-6-4-3-5-7-13)10-17-20(25)23(21(26)30-17)11-18(24)28-2/h3-10H,11-12H2,1-2H3/b17-10-. The lowest BCUT2D eigenvalue weighted by Gasteiger charge is -2.14. The van der Waals surface area contributed by atoms with Crippen LogP contribution in [0.5, 0.6) is 11.5 Å². The Balaban J connectivity index is 1.81. The van der Waals surface area contributed by atoms with Gasteiger partial charge in [-0.25, -0.2) is 0 Å². The summed E-state index contributed by atoms with van der Waals surface area (Å²) in [5, 5.41) is -0.513. The van der Waals surface area contributed by atoms with Crippen molar-refractivity contribution < 1.29 is 28.6 Å². The average molecular weight is 539 g/mol. The molecule has 1 saturated heterocycles. The van der Waals surface area contributed by atoms with Gasteiger partial charge in [0.2, 0.25) is 0 Å². The van der Waals surface area contributed by atoms with Crippen LogP contribution >= 0.6 is 34.4 Å². The van der Waals surface area contributed by atoms with E-state index >= 15 is 0 Å². The number of amides is 2. The van der Waals surface area contributed by atoms with Gasteiger partial charge in [0.25, 0.3) is 11.1 Å². The lowest BCUT2D eigenvalue weighted by molar-refractivity contribution is -0.143. The number of methoxy groups -OCH3 is 2. The Kier molecular flexibility index (Phi) is 7.38. The maximum Gasteiger partial charge on any atom is 0.325 e. The average Bonchev–Trinajstić information content (AvgIpc) is 3.00. The molecule has 1 aliphatic rings. The number of imide groups is 1. The molecule has 2 aromatic carbocycles. The van der Waals surface area contributed by atoms with Crippen LogP contribution in [0.1, 0.15) is 11.1 Å². The molecule has 156 valence electrons. The molecule has 0 N–H and O–H groups in total. The maximum absolute atomic E-state index is 12.5. The van der Waals surface area contributed by atoms with Crippen molar-refractivity contribution in [3.8, 4) is 11.5 Å². The van der Waals surface area contributed by atoms with E-state index in [2.05, 4.69) is 27.3 Å². The summed E-state index contributed by atoms with van der Waals surface area (Å²) in [4.78, 5) is 37.1. The van der Waals surface area contributed by atoms with Gasteiger partial charge in [-0.1, -0.05) is 30.3 Å². The van der Waals surface area contributed by atoms with E-state index in [0.29, 0.717) is 23.7 Å². The van der Waals surface area contributed by atoms with E-state index in [9.17, 15) is 14.4 Å². The second-order valence-electron chi connectivity index (χ2n) is 6.15. The molecular formula is C21H18INO6S. The van der Waals surface area contributed by atoms with Crippen molar-refractivity contribution in [1.82, 2.24) is 4.90 Å². The second kappa shape index (κ2) is 9.98. The number of thioether (sulfide) groups is 1. The van der Waals surface area contributed by atoms with Gasteiger partial charge in [-0.15, -0.1) is 0 Å². The van der Waals surface area contributed by atoms with E-state index in [0.717, 1.165) is 25.8 Å². The monoisotopic (exact) mass is 539 g/mol. The third kappa shape index (κ3) is 5.14. The quantitative estimate of drug-likeness (QED) is 0.298. The Hall–Kier alpha value is -2.53. The molecule has 0 spiro atoms. The van der Waals surface area contributed by atoms with Crippen LogP contribution in [-0.2, 0) is 20.9 Å². The van der Waals surface area contributed by atoms with Gasteiger partial charge in [0, 0.05) is 0 Å². The number of halogens is 1. The summed E-state index contributed by atoms with van der Waals surface area (Å²) in [6.45, 7) is -0.0232. The van der Waals surface area contributed by atoms with E-state index < -0.39 is 23.7 Å². The summed E-state index contributed by atoms with van der Waals surface area (Å²) in [6.07, 6.45) is 1.59. The third-order valence-electron chi connectivity index (χ3n) is 4.16. The molecule has 3 rings (SSSR count). The first-order valence-corrected chi connectivity index (χ1v) is 10.7. The van der Waals surface area contributed by atoms with Gasteiger partial charge < -0.3 is 14.2 Å². The van der Waals surface area contributed by atoms with Crippen molar-refractivity contribution in [1.29, 1.82) is 0 Å². The molecule has 0 aliphatic carbocycles. The fourth-order valence-electron chi connectivity index (χ4n) is 2.67.